The van der Waals surface area contributed by atoms with Crippen LogP contribution in [0.1, 0.15) is 22.3 Å². The van der Waals surface area contributed by atoms with Crippen molar-refractivity contribution in [2.24, 2.45) is 14.1 Å². The van der Waals surface area contributed by atoms with E-state index in [4.69, 9.17) is 0 Å². The summed E-state index contributed by atoms with van der Waals surface area (Å²) in [7, 11) is 4.06. The summed E-state index contributed by atoms with van der Waals surface area (Å²) in [4.78, 5) is 0. The molecule has 4 rings (SSSR count). The van der Waals surface area contributed by atoms with Crippen LogP contribution in [0.2, 0.25) is 0 Å². The molecule has 0 aliphatic rings. The highest BCUT2D eigenvalue weighted by Crippen LogP contribution is 2.26. The summed E-state index contributed by atoms with van der Waals surface area (Å²) in [5.41, 5.74) is 4.84. The summed E-state index contributed by atoms with van der Waals surface area (Å²) >= 11 is 0. The maximum absolute atomic E-state index is 2.21. The van der Waals surface area contributed by atoms with Crippen LogP contribution in [0, 0.1) is 0 Å². The largest absolute Gasteiger partial charge is 1.00 e. The number of halogens is 2. The molecular weight excluding hydrogens is 411 g/mol. The Balaban J connectivity index is 0.00000160. The molecule has 0 N–H and O–H groups in total. The van der Waals surface area contributed by atoms with Crippen molar-refractivity contribution in [1.29, 1.82) is 0 Å². The van der Waals surface area contributed by atoms with Crippen molar-refractivity contribution in [3.63, 3.8) is 0 Å². The highest BCUT2D eigenvalue weighted by atomic mass is 35.5. The number of aryl methyl sites for hydroxylation is 2. The molecular formula is C26H24Cl2N2. The molecule has 152 valence electrons. The minimum atomic E-state index is 0. The third kappa shape index (κ3) is 5.56. The van der Waals surface area contributed by atoms with E-state index in [2.05, 4.69) is 110 Å². The molecule has 2 heterocycles. The SMILES string of the molecule is C[n+]1ccc(/C=C/c2cccc3cccc(/C=C/c4cc[n+](C)cc4)c23)cc1.[Cl-].[Cl-]. The lowest BCUT2D eigenvalue weighted by molar-refractivity contribution is -0.671. The first-order valence-electron chi connectivity index (χ1n) is 9.47. The van der Waals surface area contributed by atoms with Crippen LogP contribution in [0.5, 0.6) is 0 Å². The van der Waals surface area contributed by atoms with Crippen LogP contribution in [-0.4, -0.2) is 0 Å². The standard InChI is InChI=1S/C26H24N2.2ClH/c1-27-17-13-21(14-18-27)9-11-24-7-3-5-23-6-4-8-25(26(23)24)12-10-22-15-19-28(2)20-16-22;;/h3-20H,1-2H3;2*1H/q+2;;/p-2/b11-9+,12-10+;;. The van der Waals surface area contributed by atoms with Gasteiger partial charge < -0.3 is 24.8 Å². The van der Waals surface area contributed by atoms with E-state index in [1.807, 2.05) is 23.2 Å². The monoisotopic (exact) mass is 434 g/mol. The van der Waals surface area contributed by atoms with Gasteiger partial charge in [-0.15, -0.1) is 0 Å². The normalized spacial score (nSPS) is 10.9. The van der Waals surface area contributed by atoms with Crippen molar-refractivity contribution in [1.82, 2.24) is 0 Å². The maximum atomic E-state index is 2.21. The Morgan fingerprint density at radius 1 is 0.533 bits per heavy atom. The van der Waals surface area contributed by atoms with E-state index >= 15 is 0 Å². The summed E-state index contributed by atoms with van der Waals surface area (Å²) in [6, 6.07) is 21.5. The van der Waals surface area contributed by atoms with Crippen molar-refractivity contribution in [2.75, 3.05) is 0 Å². The van der Waals surface area contributed by atoms with Crippen LogP contribution in [0.3, 0.4) is 0 Å². The van der Waals surface area contributed by atoms with E-state index < -0.39 is 0 Å². The Kier molecular flexibility index (Phi) is 8.35. The molecule has 2 nitrogen and oxygen atoms in total. The number of aromatic nitrogens is 2. The van der Waals surface area contributed by atoms with Crippen LogP contribution in [0.25, 0.3) is 35.1 Å². The van der Waals surface area contributed by atoms with Gasteiger partial charge in [-0.05, 0) is 33.0 Å². The first-order chi connectivity index (χ1) is 13.7. The van der Waals surface area contributed by atoms with Gasteiger partial charge in [0.2, 0.25) is 0 Å². The number of rotatable bonds is 4. The Hall–Kier alpha value is -2.94. The van der Waals surface area contributed by atoms with Gasteiger partial charge in [0.25, 0.3) is 0 Å². The Morgan fingerprint density at radius 2 is 0.933 bits per heavy atom. The first-order valence-corrected chi connectivity index (χ1v) is 9.47. The van der Waals surface area contributed by atoms with Gasteiger partial charge >= 0.3 is 0 Å². The molecule has 2 aromatic heterocycles. The van der Waals surface area contributed by atoms with E-state index in [-0.39, 0.29) is 24.8 Å². The molecule has 30 heavy (non-hydrogen) atoms. The second-order valence-electron chi connectivity index (χ2n) is 7.05. The highest BCUT2D eigenvalue weighted by molar-refractivity contribution is 5.99. The zero-order valence-corrected chi connectivity index (χ0v) is 18.6. The van der Waals surface area contributed by atoms with Gasteiger partial charge in [-0.25, -0.2) is 9.13 Å². The van der Waals surface area contributed by atoms with Crippen LogP contribution in [-0.2, 0) is 14.1 Å². The van der Waals surface area contributed by atoms with Crippen molar-refractivity contribution >= 4 is 35.1 Å². The number of hydrogen-bond donors (Lipinski definition) is 0. The third-order valence-corrected chi connectivity index (χ3v) is 4.89. The van der Waals surface area contributed by atoms with Crippen molar-refractivity contribution in [3.05, 3.63) is 108 Å². The van der Waals surface area contributed by atoms with Crippen molar-refractivity contribution < 1.29 is 33.9 Å². The maximum Gasteiger partial charge on any atom is 0.169 e. The number of fused-ring (bicyclic) bond motifs is 1. The fourth-order valence-electron chi connectivity index (χ4n) is 3.30. The topological polar surface area (TPSA) is 7.76 Å². The quantitative estimate of drug-likeness (QED) is 0.358. The summed E-state index contributed by atoms with van der Waals surface area (Å²) < 4.78 is 4.09. The minimum Gasteiger partial charge on any atom is -1.00 e. The smallest absolute Gasteiger partial charge is 0.169 e. The zero-order chi connectivity index (χ0) is 19.3. The summed E-state index contributed by atoms with van der Waals surface area (Å²) in [5.74, 6) is 0. The highest BCUT2D eigenvalue weighted by Gasteiger charge is 2.03. The molecule has 0 saturated carbocycles. The van der Waals surface area contributed by atoms with E-state index in [1.165, 1.54) is 33.0 Å². The van der Waals surface area contributed by atoms with Gasteiger partial charge in [0.05, 0.1) is 0 Å². The molecule has 0 amide bonds. The number of hydrogen-bond acceptors (Lipinski definition) is 0. The van der Waals surface area contributed by atoms with Crippen molar-refractivity contribution in [2.45, 2.75) is 0 Å². The molecule has 0 fully saturated rings. The predicted octanol–water partition coefficient (Wildman–Crippen LogP) is -1.16. The fourth-order valence-corrected chi connectivity index (χ4v) is 3.30. The molecule has 0 aliphatic heterocycles. The molecule has 0 unspecified atom stereocenters. The van der Waals surface area contributed by atoms with Gasteiger partial charge in [0, 0.05) is 24.3 Å². The molecule has 0 atom stereocenters. The van der Waals surface area contributed by atoms with Crippen LogP contribution in [0.4, 0.5) is 0 Å². The first kappa shape index (κ1) is 23.3. The van der Waals surface area contributed by atoms with Crippen LogP contribution < -0.4 is 33.9 Å². The molecule has 0 bridgehead atoms. The molecule has 0 spiro atoms. The summed E-state index contributed by atoms with van der Waals surface area (Å²) in [6.45, 7) is 0. The lowest BCUT2D eigenvalue weighted by atomic mass is 9.98. The van der Waals surface area contributed by atoms with Gasteiger partial charge in [0.15, 0.2) is 24.8 Å². The lowest BCUT2D eigenvalue weighted by Crippen LogP contribution is -3.00. The van der Waals surface area contributed by atoms with Gasteiger partial charge in [-0.3, -0.25) is 0 Å². The third-order valence-electron chi connectivity index (χ3n) is 4.89. The van der Waals surface area contributed by atoms with E-state index in [9.17, 15) is 0 Å². The second-order valence-corrected chi connectivity index (χ2v) is 7.05. The Bertz CT molecular complexity index is 1070. The van der Waals surface area contributed by atoms with E-state index in [1.54, 1.807) is 0 Å². The molecule has 0 aliphatic carbocycles. The Labute approximate surface area is 190 Å². The van der Waals surface area contributed by atoms with Crippen LogP contribution in [0.15, 0.2) is 85.5 Å². The van der Waals surface area contributed by atoms with E-state index in [0.717, 1.165) is 0 Å². The molecule has 4 aromatic rings. The van der Waals surface area contributed by atoms with Gasteiger partial charge in [-0.2, -0.15) is 0 Å². The summed E-state index contributed by atoms with van der Waals surface area (Å²) in [6.07, 6.45) is 17.0. The molecule has 4 heteroatoms. The van der Waals surface area contributed by atoms with Gasteiger partial charge in [0.1, 0.15) is 14.1 Å². The van der Waals surface area contributed by atoms with E-state index in [0.29, 0.717) is 0 Å². The average molecular weight is 435 g/mol. The van der Waals surface area contributed by atoms with Crippen molar-refractivity contribution in [3.8, 4) is 0 Å². The predicted molar refractivity (Wildman–Crippen MR) is 117 cm³/mol. The number of nitrogens with zero attached hydrogens (tertiary/aromatic N) is 2. The fraction of sp³-hybridized carbons (Fsp3) is 0.0769. The number of pyridine rings is 2. The van der Waals surface area contributed by atoms with Crippen LogP contribution >= 0.6 is 0 Å². The average Bonchev–Trinajstić information content (AvgIpc) is 2.73. The zero-order valence-electron chi connectivity index (χ0n) is 17.0. The second kappa shape index (κ2) is 10.7. The lowest BCUT2D eigenvalue weighted by Gasteiger charge is -2.07. The molecule has 2 aromatic carbocycles. The number of benzene rings is 2. The minimum absolute atomic E-state index is 0. The summed E-state index contributed by atoms with van der Waals surface area (Å²) in [5, 5.41) is 2.53. The molecule has 0 radical (unpaired) electrons. The van der Waals surface area contributed by atoms with Gasteiger partial charge in [-0.1, -0.05) is 60.7 Å². The molecule has 0 saturated heterocycles. The Morgan fingerprint density at radius 3 is 1.33 bits per heavy atom.